The third kappa shape index (κ3) is 2.14. The van der Waals surface area contributed by atoms with Crippen molar-refractivity contribution < 1.29 is 0 Å². The largest absolute Gasteiger partial charge is 0.220 e. The first-order chi connectivity index (χ1) is 9.17. The summed E-state index contributed by atoms with van der Waals surface area (Å²) in [5.41, 5.74) is 1.93. The highest BCUT2D eigenvalue weighted by molar-refractivity contribution is 6.42. The maximum atomic E-state index is 8.85. The second kappa shape index (κ2) is 4.54. The highest BCUT2D eigenvalue weighted by atomic mass is 35.5. The van der Waals surface area contributed by atoms with Crippen LogP contribution in [0.1, 0.15) is 5.56 Å². The van der Waals surface area contributed by atoms with Crippen molar-refractivity contribution in [3.63, 3.8) is 0 Å². The molecule has 0 spiro atoms. The lowest BCUT2D eigenvalue weighted by atomic mass is 10.2. The molecule has 0 aliphatic carbocycles. The Hall–Kier alpha value is -2.09. The summed E-state index contributed by atoms with van der Waals surface area (Å²) >= 11 is 11.8. The van der Waals surface area contributed by atoms with Crippen LogP contribution in [0.15, 0.2) is 36.5 Å². The van der Waals surface area contributed by atoms with Crippen molar-refractivity contribution in [2.75, 3.05) is 0 Å². The van der Waals surface area contributed by atoms with Gasteiger partial charge in [-0.3, -0.25) is 0 Å². The van der Waals surface area contributed by atoms with Crippen molar-refractivity contribution in [2.24, 2.45) is 0 Å². The molecule has 0 radical (unpaired) electrons. The Morgan fingerprint density at radius 2 is 1.95 bits per heavy atom. The summed E-state index contributed by atoms with van der Waals surface area (Å²) < 4.78 is 1.61. The van der Waals surface area contributed by atoms with Gasteiger partial charge in [-0.25, -0.2) is 9.50 Å². The van der Waals surface area contributed by atoms with Gasteiger partial charge < -0.3 is 0 Å². The molecule has 0 fully saturated rings. The van der Waals surface area contributed by atoms with E-state index >= 15 is 0 Å². The number of nitriles is 1. The zero-order valence-corrected chi connectivity index (χ0v) is 11.0. The fourth-order valence-corrected chi connectivity index (χ4v) is 2.01. The zero-order chi connectivity index (χ0) is 13.4. The van der Waals surface area contributed by atoms with Crippen molar-refractivity contribution in [1.29, 1.82) is 5.26 Å². The van der Waals surface area contributed by atoms with Crippen LogP contribution in [-0.2, 0) is 0 Å². The number of hydrogen-bond acceptors (Lipinski definition) is 3. The van der Waals surface area contributed by atoms with Crippen LogP contribution in [-0.4, -0.2) is 14.6 Å². The molecule has 3 aromatic rings. The van der Waals surface area contributed by atoms with E-state index in [1.807, 2.05) is 0 Å². The number of rotatable bonds is 1. The van der Waals surface area contributed by atoms with Crippen molar-refractivity contribution in [2.45, 2.75) is 0 Å². The Labute approximate surface area is 118 Å². The van der Waals surface area contributed by atoms with Gasteiger partial charge in [-0.1, -0.05) is 23.2 Å². The predicted octanol–water partition coefficient (Wildman–Crippen LogP) is 3.57. The molecule has 4 nitrogen and oxygen atoms in total. The molecular weight excluding hydrogens is 283 g/mol. The minimum atomic E-state index is 0.454. The minimum Gasteiger partial charge on any atom is -0.220 e. The van der Waals surface area contributed by atoms with Gasteiger partial charge in [0.1, 0.15) is 0 Å². The highest BCUT2D eigenvalue weighted by Crippen LogP contribution is 2.27. The molecule has 2 aromatic heterocycles. The second-order valence-electron chi connectivity index (χ2n) is 3.89. The molecule has 2 heterocycles. The third-order valence-corrected chi connectivity index (χ3v) is 3.38. The van der Waals surface area contributed by atoms with Crippen LogP contribution in [0.5, 0.6) is 0 Å². The molecule has 0 saturated carbocycles. The van der Waals surface area contributed by atoms with Gasteiger partial charge in [-0.2, -0.15) is 5.26 Å². The Bertz CT molecular complexity index is 817. The van der Waals surface area contributed by atoms with E-state index in [0.717, 1.165) is 5.56 Å². The van der Waals surface area contributed by atoms with E-state index in [4.69, 9.17) is 28.5 Å². The van der Waals surface area contributed by atoms with Crippen molar-refractivity contribution in [3.8, 4) is 17.5 Å². The molecule has 6 heteroatoms. The predicted molar refractivity (Wildman–Crippen MR) is 73.2 cm³/mol. The van der Waals surface area contributed by atoms with E-state index in [0.29, 0.717) is 27.1 Å². The van der Waals surface area contributed by atoms with Gasteiger partial charge in [0, 0.05) is 17.8 Å². The monoisotopic (exact) mass is 288 g/mol. The molecule has 1 aromatic carbocycles. The van der Waals surface area contributed by atoms with E-state index in [1.165, 1.54) is 0 Å². The normalized spacial score (nSPS) is 10.6. The minimum absolute atomic E-state index is 0.454. The lowest BCUT2D eigenvalue weighted by molar-refractivity contribution is 0.964. The first-order valence-corrected chi connectivity index (χ1v) is 6.15. The van der Waals surface area contributed by atoms with Crippen LogP contribution in [0.2, 0.25) is 10.0 Å². The Morgan fingerprint density at radius 3 is 2.68 bits per heavy atom. The number of hydrogen-bond donors (Lipinski definition) is 0. The molecule has 0 atom stereocenters. The number of aromatic nitrogens is 3. The van der Waals surface area contributed by atoms with E-state index < -0.39 is 0 Å². The molecule has 3 rings (SSSR count). The maximum absolute atomic E-state index is 8.85. The summed E-state index contributed by atoms with van der Waals surface area (Å²) in [6, 6.07) is 10.6. The van der Waals surface area contributed by atoms with E-state index in [1.54, 1.807) is 41.0 Å². The lowest BCUT2D eigenvalue weighted by Gasteiger charge is -1.97. The van der Waals surface area contributed by atoms with Crippen LogP contribution < -0.4 is 0 Å². The van der Waals surface area contributed by atoms with Gasteiger partial charge in [0.15, 0.2) is 11.5 Å². The average Bonchev–Trinajstić information content (AvgIpc) is 2.84. The van der Waals surface area contributed by atoms with Crippen LogP contribution in [0.3, 0.4) is 0 Å². The van der Waals surface area contributed by atoms with Gasteiger partial charge >= 0.3 is 0 Å². The molecule has 92 valence electrons. The van der Waals surface area contributed by atoms with Gasteiger partial charge in [-0.05, 0) is 24.3 Å². The van der Waals surface area contributed by atoms with Gasteiger partial charge in [-0.15, -0.1) is 5.10 Å². The summed E-state index contributed by atoms with van der Waals surface area (Å²) in [6.07, 6.45) is 1.70. The number of halogens is 2. The number of fused-ring (bicyclic) bond motifs is 1. The van der Waals surface area contributed by atoms with Crippen LogP contribution in [0.25, 0.3) is 17.0 Å². The SMILES string of the molecule is N#Cc1ccn2nc(-c3ccc(Cl)c(Cl)c3)nc2c1. The molecule has 0 bridgehead atoms. The summed E-state index contributed by atoms with van der Waals surface area (Å²) in [5.74, 6) is 0.536. The third-order valence-electron chi connectivity index (χ3n) is 2.64. The summed E-state index contributed by atoms with van der Waals surface area (Å²) in [6.45, 7) is 0. The Balaban J connectivity index is 2.15. The van der Waals surface area contributed by atoms with Crippen LogP contribution >= 0.6 is 23.2 Å². The standard InChI is InChI=1S/C13H6Cl2N4/c14-10-2-1-9(6-11(10)15)13-17-12-5-8(7-16)3-4-19(12)18-13/h1-6H. The topological polar surface area (TPSA) is 54.0 Å². The van der Waals surface area contributed by atoms with Gasteiger partial charge in [0.05, 0.1) is 21.7 Å². The average molecular weight is 289 g/mol. The Morgan fingerprint density at radius 1 is 1.11 bits per heavy atom. The van der Waals surface area contributed by atoms with Crippen LogP contribution in [0, 0.1) is 11.3 Å². The summed E-state index contributed by atoms with van der Waals surface area (Å²) in [4.78, 5) is 4.36. The maximum Gasteiger partial charge on any atom is 0.182 e. The summed E-state index contributed by atoms with van der Waals surface area (Å²) in [7, 11) is 0. The van der Waals surface area contributed by atoms with Crippen molar-refractivity contribution in [1.82, 2.24) is 14.6 Å². The molecule has 0 saturated heterocycles. The van der Waals surface area contributed by atoms with E-state index in [-0.39, 0.29) is 0 Å². The van der Waals surface area contributed by atoms with Gasteiger partial charge in [0.2, 0.25) is 0 Å². The number of nitrogens with zero attached hydrogens (tertiary/aromatic N) is 4. The quantitative estimate of drug-likeness (QED) is 0.688. The van der Waals surface area contributed by atoms with Gasteiger partial charge in [0.25, 0.3) is 0 Å². The zero-order valence-electron chi connectivity index (χ0n) is 9.51. The smallest absolute Gasteiger partial charge is 0.182 e. The fraction of sp³-hybridized carbons (Fsp3) is 0. The first-order valence-electron chi connectivity index (χ1n) is 5.39. The van der Waals surface area contributed by atoms with Crippen molar-refractivity contribution in [3.05, 3.63) is 52.1 Å². The van der Waals surface area contributed by atoms with Crippen LogP contribution in [0.4, 0.5) is 0 Å². The molecule has 0 N–H and O–H groups in total. The fourth-order valence-electron chi connectivity index (χ4n) is 1.71. The van der Waals surface area contributed by atoms with Crippen molar-refractivity contribution >= 4 is 28.8 Å². The molecule has 19 heavy (non-hydrogen) atoms. The lowest BCUT2D eigenvalue weighted by Crippen LogP contribution is -1.87. The second-order valence-corrected chi connectivity index (χ2v) is 4.71. The molecule has 0 amide bonds. The van der Waals surface area contributed by atoms with E-state index in [2.05, 4.69) is 16.2 Å². The Kier molecular flexibility index (Phi) is 2.86. The molecule has 0 aliphatic heterocycles. The summed E-state index contributed by atoms with van der Waals surface area (Å²) in [5, 5.41) is 14.1. The molecule has 0 unspecified atom stereocenters. The number of benzene rings is 1. The molecule has 0 aliphatic rings. The molecular formula is C13H6Cl2N4. The van der Waals surface area contributed by atoms with E-state index in [9.17, 15) is 0 Å². The first kappa shape index (κ1) is 12.0. The highest BCUT2D eigenvalue weighted by Gasteiger charge is 2.08. The number of pyridine rings is 1.